The Bertz CT molecular complexity index is 1260. The molecule has 0 unspecified atom stereocenters. The highest BCUT2D eigenvalue weighted by Crippen LogP contribution is 2.26. The highest BCUT2D eigenvalue weighted by molar-refractivity contribution is 5.87. The van der Waals surface area contributed by atoms with Crippen molar-refractivity contribution in [1.82, 2.24) is 9.97 Å². The number of hydrogen-bond donors (Lipinski definition) is 3. The Morgan fingerprint density at radius 3 is 2.41 bits per heavy atom. The van der Waals surface area contributed by atoms with Crippen LogP contribution in [-0.2, 0) is 4.79 Å². The van der Waals surface area contributed by atoms with E-state index in [4.69, 9.17) is 15.6 Å². The van der Waals surface area contributed by atoms with Crippen molar-refractivity contribution in [1.29, 1.82) is 0 Å². The van der Waals surface area contributed by atoms with E-state index in [2.05, 4.69) is 9.97 Å². The van der Waals surface area contributed by atoms with Gasteiger partial charge in [-0.25, -0.2) is 9.78 Å². The summed E-state index contributed by atoms with van der Waals surface area (Å²) in [4.78, 5) is 30.2. The highest BCUT2D eigenvalue weighted by atomic mass is 16.5. The minimum absolute atomic E-state index is 0.251. The van der Waals surface area contributed by atoms with Crippen molar-refractivity contribution in [2.75, 3.05) is 12.3 Å². The first-order valence-electron chi connectivity index (χ1n) is 8.84. The molecule has 0 aliphatic carbocycles. The number of H-pyrrole nitrogens is 1. The summed E-state index contributed by atoms with van der Waals surface area (Å²) in [6.07, 6.45) is 0. The SMILES string of the molecule is Nc1ccc(-c2cc(=O)[nH]c(-c3ccc4cc(OCC(=O)O)ccc4c3)n2)cc1. The number of benzene rings is 3. The molecule has 1 heterocycles. The Morgan fingerprint density at radius 2 is 1.66 bits per heavy atom. The van der Waals surface area contributed by atoms with Gasteiger partial charge < -0.3 is 20.6 Å². The molecule has 1 aromatic heterocycles. The second-order valence-electron chi connectivity index (χ2n) is 6.51. The summed E-state index contributed by atoms with van der Waals surface area (Å²) in [6.45, 7) is -0.396. The number of carboxylic acids is 1. The smallest absolute Gasteiger partial charge is 0.341 e. The lowest BCUT2D eigenvalue weighted by Crippen LogP contribution is -2.09. The Kier molecular flexibility index (Phi) is 4.70. The number of nitrogens with zero attached hydrogens (tertiary/aromatic N) is 1. The number of anilines is 1. The van der Waals surface area contributed by atoms with E-state index >= 15 is 0 Å². The maximum atomic E-state index is 12.2. The Morgan fingerprint density at radius 1 is 0.966 bits per heavy atom. The molecule has 0 atom stereocenters. The summed E-state index contributed by atoms with van der Waals surface area (Å²) in [5, 5.41) is 10.5. The number of aromatic nitrogens is 2. The minimum atomic E-state index is -1.03. The van der Waals surface area contributed by atoms with Crippen LogP contribution >= 0.6 is 0 Å². The standard InChI is InChI=1S/C22H17N3O4/c23-17-6-3-13(4-7-17)19-11-20(26)25-22(24-19)16-2-1-15-10-18(29-12-21(27)28)8-5-14(15)9-16/h1-11H,12,23H2,(H,27,28)(H,24,25,26). The molecule has 0 radical (unpaired) electrons. The maximum absolute atomic E-state index is 12.2. The molecular weight excluding hydrogens is 370 g/mol. The van der Waals surface area contributed by atoms with E-state index in [0.717, 1.165) is 21.9 Å². The maximum Gasteiger partial charge on any atom is 0.341 e. The third kappa shape index (κ3) is 4.08. The van der Waals surface area contributed by atoms with E-state index in [0.29, 0.717) is 23.0 Å². The van der Waals surface area contributed by atoms with Gasteiger partial charge in [0.05, 0.1) is 5.69 Å². The Hall–Kier alpha value is -4.13. The number of hydrogen-bond acceptors (Lipinski definition) is 5. The molecule has 29 heavy (non-hydrogen) atoms. The largest absolute Gasteiger partial charge is 0.482 e. The molecule has 0 aliphatic heterocycles. The molecule has 4 N–H and O–H groups in total. The summed E-state index contributed by atoms with van der Waals surface area (Å²) < 4.78 is 5.21. The third-order valence-corrected chi connectivity index (χ3v) is 4.40. The number of nitrogen functional groups attached to an aromatic ring is 1. The van der Waals surface area contributed by atoms with Crippen LogP contribution in [0.25, 0.3) is 33.4 Å². The number of carbonyl (C=O) groups is 1. The van der Waals surface area contributed by atoms with E-state index in [1.165, 1.54) is 6.07 Å². The first kappa shape index (κ1) is 18.2. The average Bonchev–Trinajstić information content (AvgIpc) is 2.71. The quantitative estimate of drug-likeness (QED) is 0.452. The fourth-order valence-corrected chi connectivity index (χ4v) is 3.00. The van der Waals surface area contributed by atoms with Crippen molar-refractivity contribution >= 4 is 22.4 Å². The van der Waals surface area contributed by atoms with E-state index in [-0.39, 0.29) is 5.56 Å². The van der Waals surface area contributed by atoms with E-state index in [9.17, 15) is 9.59 Å². The number of nitrogens with two attached hydrogens (primary N) is 1. The molecule has 0 spiro atoms. The lowest BCUT2D eigenvalue weighted by atomic mass is 10.1. The van der Waals surface area contributed by atoms with Crippen LogP contribution in [0.4, 0.5) is 5.69 Å². The van der Waals surface area contributed by atoms with Crippen LogP contribution in [0.3, 0.4) is 0 Å². The van der Waals surface area contributed by atoms with Gasteiger partial charge in [0, 0.05) is 22.9 Å². The fraction of sp³-hybridized carbons (Fsp3) is 0.0455. The van der Waals surface area contributed by atoms with Crippen LogP contribution in [-0.4, -0.2) is 27.7 Å². The van der Waals surface area contributed by atoms with Crippen LogP contribution in [0.1, 0.15) is 0 Å². The number of aromatic amines is 1. The molecule has 7 nitrogen and oxygen atoms in total. The minimum Gasteiger partial charge on any atom is -0.482 e. The number of fused-ring (bicyclic) bond motifs is 1. The van der Waals surface area contributed by atoms with Gasteiger partial charge in [-0.1, -0.05) is 30.3 Å². The van der Waals surface area contributed by atoms with Crippen molar-refractivity contribution in [2.24, 2.45) is 0 Å². The number of nitrogens with one attached hydrogen (secondary N) is 1. The average molecular weight is 387 g/mol. The van der Waals surface area contributed by atoms with Crippen molar-refractivity contribution < 1.29 is 14.6 Å². The predicted molar refractivity (Wildman–Crippen MR) is 111 cm³/mol. The van der Waals surface area contributed by atoms with Crippen LogP contribution in [0.5, 0.6) is 5.75 Å². The van der Waals surface area contributed by atoms with Crippen molar-refractivity contribution in [2.45, 2.75) is 0 Å². The van der Waals surface area contributed by atoms with E-state index in [1.54, 1.807) is 24.3 Å². The van der Waals surface area contributed by atoms with Gasteiger partial charge in [-0.05, 0) is 41.1 Å². The summed E-state index contributed by atoms with van der Waals surface area (Å²) in [5.74, 6) is -0.0987. The van der Waals surface area contributed by atoms with Gasteiger partial charge in [0.15, 0.2) is 6.61 Å². The van der Waals surface area contributed by atoms with E-state index in [1.807, 2.05) is 36.4 Å². The molecule has 4 aromatic rings. The van der Waals surface area contributed by atoms with Gasteiger partial charge in [0.2, 0.25) is 0 Å². The first-order chi connectivity index (χ1) is 14.0. The lowest BCUT2D eigenvalue weighted by molar-refractivity contribution is -0.139. The normalized spacial score (nSPS) is 10.8. The zero-order valence-corrected chi connectivity index (χ0v) is 15.3. The highest BCUT2D eigenvalue weighted by Gasteiger charge is 2.08. The topological polar surface area (TPSA) is 118 Å². The lowest BCUT2D eigenvalue weighted by Gasteiger charge is -2.08. The van der Waals surface area contributed by atoms with Gasteiger partial charge >= 0.3 is 5.97 Å². The van der Waals surface area contributed by atoms with Gasteiger partial charge in [-0.2, -0.15) is 0 Å². The molecular formula is C22H17N3O4. The zero-order chi connectivity index (χ0) is 20.4. The molecule has 144 valence electrons. The first-order valence-corrected chi connectivity index (χ1v) is 8.84. The molecule has 7 heteroatoms. The summed E-state index contributed by atoms with van der Waals surface area (Å²) in [7, 11) is 0. The number of rotatable bonds is 5. The number of aliphatic carboxylic acids is 1. The Labute approximate surface area is 165 Å². The van der Waals surface area contributed by atoms with Crippen LogP contribution < -0.4 is 16.0 Å². The van der Waals surface area contributed by atoms with Gasteiger partial charge in [-0.15, -0.1) is 0 Å². The molecule has 0 aliphatic rings. The predicted octanol–water partition coefficient (Wildman–Crippen LogP) is 3.30. The monoisotopic (exact) mass is 387 g/mol. The van der Waals surface area contributed by atoms with Gasteiger partial charge in [0.1, 0.15) is 11.6 Å². The summed E-state index contributed by atoms with van der Waals surface area (Å²) in [5.41, 5.74) is 8.23. The molecule has 0 fully saturated rings. The summed E-state index contributed by atoms with van der Waals surface area (Å²) in [6, 6.07) is 19.5. The van der Waals surface area contributed by atoms with Crippen LogP contribution in [0.2, 0.25) is 0 Å². The number of carboxylic acid groups (broad SMARTS) is 1. The van der Waals surface area contributed by atoms with Crippen molar-refractivity contribution in [3.8, 4) is 28.4 Å². The second kappa shape index (κ2) is 7.47. The summed E-state index contributed by atoms with van der Waals surface area (Å²) >= 11 is 0. The third-order valence-electron chi connectivity index (χ3n) is 4.40. The number of ether oxygens (including phenoxy) is 1. The molecule has 4 rings (SSSR count). The molecule has 0 bridgehead atoms. The van der Waals surface area contributed by atoms with Crippen molar-refractivity contribution in [3.63, 3.8) is 0 Å². The zero-order valence-electron chi connectivity index (χ0n) is 15.3. The van der Waals surface area contributed by atoms with Gasteiger partial charge in [0.25, 0.3) is 5.56 Å². The van der Waals surface area contributed by atoms with Crippen LogP contribution in [0, 0.1) is 0 Å². The van der Waals surface area contributed by atoms with E-state index < -0.39 is 12.6 Å². The Balaban J connectivity index is 1.70. The molecule has 0 amide bonds. The van der Waals surface area contributed by atoms with Gasteiger partial charge in [-0.3, -0.25) is 4.79 Å². The van der Waals surface area contributed by atoms with Crippen molar-refractivity contribution in [3.05, 3.63) is 77.1 Å². The fourth-order valence-electron chi connectivity index (χ4n) is 3.00. The molecule has 0 saturated carbocycles. The molecule has 3 aromatic carbocycles. The van der Waals surface area contributed by atoms with Crippen LogP contribution in [0.15, 0.2) is 71.5 Å². The second-order valence-corrected chi connectivity index (χ2v) is 6.51. The molecule has 0 saturated heterocycles.